The van der Waals surface area contributed by atoms with Crippen LogP contribution >= 0.6 is 7.75 Å². The standard InChI is InChI=1S/C26H40N9O10P/c1-14-9-34(26(39)32-24(14)38)18-8-15(16(10-36)43-18)45-46(40,31-6-5-7-33(2)3)42-11-17-20(37)21(41-4)25(44-17)35-13-30-19-22(27)28-12-29-23(19)35/h9,12-13,15-18,20-21,25,36-37H,5-8,10-11H2,1-4H3,(H,31,40)(H2,27,28,29)(H,32,38,39)/t15?,16-,17-,18-,20?,21+,25-,46?/m1/s1. The van der Waals surface area contributed by atoms with Gasteiger partial charge in [-0.05, 0) is 34.0 Å². The highest BCUT2D eigenvalue weighted by molar-refractivity contribution is 7.51. The summed E-state index contributed by atoms with van der Waals surface area (Å²) in [6.07, 6.45) is -2.17. The lowest BCUT2D eigenvalue weighted by Crippen LogP contribution is -2.36. The fourth-order valence-corrected chi connectivity index (χ4v) is 6.99. The predicted octanol–water partition coefficient (Wildman–Crippen LogP) is -1.13. The summed E-state index contributed by atoms with van der Waals surface area (Å²) in [7, 11) is 1.07. The highest BCUT2D eigenvalue weighted by atomic mass is 31.2. The molecule has 0 bridgehead atoms. The van der Waals surface area contributed by atoms with E-state index in [2.05, 4.69) is 25.0 Å². The molecule has 2 fully saturated rings. The Morgan fingerprint density at radius 1 is 1.22 bits per heavy atom. The van der Waals surface area contributed by atoms with Crippen molar-refractivity contribution >= 4 is 24.7 Å². The quantitative estimate of drug-likeness (QED) is 0.101. The van der Waals surface area contributed by atoms with E-state index in [0.717, 1.165) is 0 Å². The van der Waals surface area contributed by atoms with Gasteiger partial charge in [-0.3, -0.25) is 28.0 Å². The van der Waals surface area contributed by atoms with E-state index in [-0.39, 0.29) is 31.0 Å². The molecule has 46 heavy (non-hydrogen) atoms. The maximum atomic E-state index is 14.2. The molecule has 2 aliphatic rings. The van der Waals surface area contributed by atoms with Gasteiger partial charge in [0.05, 0.1) is 19.5 Å². The number of nitrogens with zero attached hydrogens (tertiary/aromatic N) is 6. The summed E-state index contributed by atoms with van der Waals surface area (Å²) < 4.78 is 46.3. The number of H-pyrrole nitrogens is 1. The number of aromatic nitrogens is 6. The van der Waals surface area contributed by atoms with Gasteiger partial charge >= 0.3 is 13.4 Å². The van der Waals surface area contributed by atoms with Crippen molar-refractivity contribution in [2.75, 3.05) is 53.2 Å². The number of nitrogen functional groups attached to an aromatic ring is 1. The average Bonchev–Trinajstić information content (AvgIpc) is 3.71. The minimum Gasteiger partial charge on any atom is -0.394 e. The average molecular weight is 670 g/mol. The van der Waals surface area contributed by atoms with E-state index in [1.807, 2.05) is 19.0 Å². The second-order valence-electron chi connectivity index (χ2n) is 11.4. The molecule has 20 heteroatoms. The molecule has 0 amide bonds. The largest absolute Gasteiger partial charge is 0.405 e. The van der Waals surface area contributed by atoms with Crippen LogP contribution in [0, 0.1) is 6.92 Å². The van der Waals surface area contributed by atoms with Gasteiger partial charge in [-0.1, -0.05) is 0 Å². The number of ether oxygens (including phenoxy) is 3. The lowest BCUT2D eigenvalue weighted by Gasteiger charge is -2.26. The third-order valence-corrected chi connectivity index (χ3v) is 9.48. The second-order valence-corrected chi connectivity index (χ2v) is 13.1. The van der Waals surface area contributed by atoms with E-state index in [4.69, 9.17) is 29.0 Å². The summed E-state index contributed by atoms with van der Waals surface area (Å²) in [5.41, 5.74) is 5.70. The van der Waals surface area contributed by atoms with Crippen LogP contribution in [0.5, 0.6) is 0 Å². The number of nitrogens with one attached hydrogen (secondary N) is 2. The maximum Gasteiger partial charge on any atom is 0.405 e. The Morgan fingerprint density at radius 2 is 2.00 bits per heavy atom. The molecule has 6 N–H and O–H groups in total. The molecule has 2 saturated heterocycles. The number of methoxy groups -OCH3 is 1. The molecule has 0 saturated carbocycles. The Morgan fingerprint density at radius 3 is 2.72 bits per heavy atom. The first-order valence-corrected chi connectivity index (χ1v) is 16.2. The topological polar surface area (TPSA) is 243 Å². The minimum absolute atomic E-state index is 0.0123. The van der Waals surface area contributed by atoms with Crippen molar-refractivity contribution in [1.29, 1.82) is 0 Å². The van der Waals surface area contributed by atoms with Crippen molar-refractivity contribution < 1.29 is 38.0 Å². The number of aromatic amines is 1. The lowest BCUT2D eigenvalue weighted by molar-refractivity contribution is -0.0600. The maximum absolute atomic E-state index is 14.2. The third kappa shape index (κ3) is 7.23. The normalized spacial score (nSPS) is 27.9. The predicted molar refractivity (Wildman–Crippen MR) is 162 cm³/mol. The summed E-state index contributed by atoms with van der Waals surface area (Å²) >= 11 is 0. The molecule has 5 rings (SSSR count). The smallest absolute Gasteiger partial charge is 0.394 e. The van der Waals surface area contributed by atoms with E-state index in [0.29, 0.717) is 24.1 Å². The Labute approximate surface area is 263 Å². The molecule has 3 aromatic rings. The third-order valence-electron chi connectivity index (χ3n) is 7.83. The van der Waals surface area contributed by atoms with Gasteiger partial charge in [0.2, 0.25) is 0 Å². The Hall–Kier alpha value is -3.10. The van der Waals surface area contributed by atoms with Crippen molar-refractivity contribution in [1.82, 2.24) is 39.1 Å². The minimum atomic E-state index is -4.15. The first-order valence-electron chi connectivity index (χ1n) is 14.6. The zero-order valence-corrected chi connectivity index (χ0v) is 26.8. The van der Waals surface area contributed by atoms with Crippen molar-refractivity contribution in [2.24, 2.45) is 0 Å². The van der Waals surface area contributed by atoms with Crippen molar-refractivity contribution in [3.8, 4) is 0 Å². The van der Waals surface area contributed by atoms with Crippen LogP contribution in [-0.2, 0) is 27.8 Å². The number of fused-ring (bicyclic) bond motifs is 1. The highest BCUT2D eigenvalue weighted by Gasteiger charge is 2.48. The number of hydrogen-bond donors (Lipinski definition) is 5. The number of rotatable bonds is 14. The number of aryl methyl sites for hydroxylation is 1. The van der Waals surface area contributed by atoms with Crippen LogP contribution in [0.1, 0.15) is 30.9 Å². The van der Waals surface area contributed by atoms with Gasteiger partial charge in [0.15, 0.2) is 17.7 Å². The molecule has 254 valence electrons. The van der Waals surface area contributed by atoms with Crippen LogP contribution in [0.2, 0.25) is 0 Å². The van der Waals surface area contributed by atoms with Crippen molar-refractivity contribution in [3.05, 3.63) is 45.3 Å². The van der Waals surface area contributed by atoms with Gasteiger partial charge in [-0.25, -0.2) is 29.4 Å². The van der Waals surface area contributed by atoms with Gasteiger partial charge in [0.25, 0.3) is 5.56 Å². The van der Waals surface area contributed by atoms with Crippen LogP contribution in [0.3, 0.4) is 0 Å². The molecule has 3 unspecified atom stereocenters. The lowest BCUT2D eigenvalue weighted by atomic mass is 10.1. The SMILES string of the molecule is CO[C@H]1C(O)[C@@H](COP(=O)(NCCCN(C)C)OC2C[C@H](n3cc(C)c(=O)[nH]c3=O)O[C@@H]2CO)O[C@H]1n1cnc2c(N)ncnc21. The van der Waals surface area contributed by atoms with E-state index in [1.165, 1.54) is 37.5 Å². The molecule has 2 aliphatic heterocycles. The monoisotopic (exact) mass is 669 g/mol. The van der Waals surface area contributed by atoms with E-state index in [1.54, 1.807) is 4.57 Å². The fraction of sp³-hybridized carbons (Fsp3) is 0.654. The van der Waals surface area contributed by atoms with Crippen LogP contribution in [0.15, 0.2) is 28.4 Å². The van der Waals surface area contributed by atoms with E-state index in [9.17, 15) is 24.4 Å². The Bertz CT molecular complexity index is 1660. The molecule has 0 aromatic carbocycles. The second kappa shape index (κ2) is 14.3. The molecule has 0 spiro atoms. The van der Waals surface area contributed by atoms with Gasteiger partial charge in [0, 0.05) is 31.8 Å². The number of aliphatic hydroxyl groups is 2. The van der Waals surface area contributed by atoms with Gasteiger partial charge in [0.1, 0.15) is 48.6 Å². The highest BCUT2D eigenvalue weighted by Crippen LogP contribution is 2.49. The van der Waals surface area contributed by atoms with Crippen molar-refractivity contribution in [2.45, 2.75) is 62.7 Å². The summed E-state index contributed by atoms with van der Waals surface area (Å²) in [5, 5.41) is 24.0. The summed E-state index contributed by atoms with van der Waals surface area (Å²) in [5.74, 6) is 0.175. The summed E-state index contributed by atoms with van der Waals surface area (Å²) in [6.45, 7) is 1.59. The zero-order chi connectivity index (χ0) is 33.2. The zero-order valence-electron chi connectivity index (χ0n) is 25.9. The van der Waals surface area contributed by atoms with Crippen LogP contribution in [0.4, 0.5) is 5.82 Å². The molecule has 8 atom stereocenters. The Balaban J connectivity index is 1.33. The van der Waals surface area contributed by atoms with E-state index >= 15 is 0 Å². The van der Waals surface area contributed by atoms with Crippen LogP contribution in [0.25, 0.3) is 11.2 Å². The van der Waals surface area contributed by atoms with Gasteiger partial charge in [-0.15, -0.1) is 0 Å². The summed E-state index contributed by atoms with van der Waals surface area (Å²) in [6, 6.07) is 0. The molecular formula is C26H40N9O10P. The molecule has 0 radical (unpaired) electrons. The summed E-state index contributed by atoms with van der Waals surface area (Å²) in [4.78, 5) is 40.9. The number of nitrogens with two attached hydrogens (primary N) is 1. The number of aliphatic hydroxyl groups excluding tert-OH is 2. The van der Waals surface area contributed by atoms with Gasteiger partial charge < -0.3 is 35.1 Å². The van der Waals surface area contributed by atoms with Gasteiger partial charge in [-0.2, -0.15) is 0 Å². The number of hydrogen-bond acceptors (Lipinski definition) is 15. The van der Waals surface area contributed by atoms with E-state index < -0.39 is 68.6 Å². The van der Waals surface area contributed by atoms with Crippen LogP contribution < -0.4 is 22.1 Å². The number of imidazole rings is 1. The molecular weight excluding hydrogens is 629 g/mol. The fourth-order valence-electron chi connectivity index (χ4n) is 5.41. The number of anilines is 1. The first kappa shape index (κ1) is 34.2. The molecule has 3 aromatic heterocycles. The molecule has 19 nitrogen and oxygen atoms in total. The Kier molecular flexibility index (Phi) is 10.7. The molecule has 5 heterocycles. The van der Waals surface area contributed by atoms with Crippen molar-refractivity contribution in [3.63, 3.8) is 0 Å². The van der Waals surface area contributed by atoms with Crippen LogP contribution in [-0.4, -0.2) is 122 Å². The first-order chi connectivity index (χ1) is 21.9. The molecule has 0 aliphatic carbocycles.